The van der Waals surface area contributed by atoms with E-state index in [4.69, 9.17) is 0 Å². The molecule has 0 aromatic carbocycles. The lowest BCUT2D eigenvalue weighted by atomic mass is 10.2. The summed E-state index contributed by atoms with van der Waals surface area (Å²) in [6.45, 7) is 9.98. The second-order valence-electron chi connectivity index (χ2n) is 5.02. The van der Waals surface area contributed by atoms with E-state index in [1.807, 2.05) is 20.8 Å². The van der Waals surface area contributed by atoms with Crippen LogP contribution in [0.3, 0.4) is 0 Å². The first kappa shape index (κ1) is 17.1. The molecule has 0 fully saturated rings. The van der Waals surface area contributed by atoms with Crippen molar-refractivity contribution in [3.63, 3.8) is 0 Å². The monoisotopic (exact) mass is 297 g/mol. The number of rotatable bonds is 7. The lowest BCUT2D eigenvalue weighted by Gasteiger charge is -2.23. The minimum atomic E-state index is -0.563. The highest BCUT2D eigenvalue weighted by molar-refractivity contribution is 5.97. The van der Waals surface area contributed by atoms with E-state index in [1.165, 1.54) is 18.7 Å². The topological polar surface area (TPSA) is 93.3 Å². The van der Waals surface area contributed by atoms with Crippen molar-refractivity contribution in [3.8, 4) is 0 Å². The molecule has 8 nitrogen and oxygen atoms in total. The zero-order chi connectivity index (χ0) is 16.2. The summed E-state index contributed by atoms with van der Waals surface area (Å²) >= 11 is 0. The Kier molecular flexibility index (Phi) is 5.83. The summed E-state index contributed by atoms with van der Waals surface area (Å²) in [5.74, 6) is -0.468. The van der Waals surface area contributed by atoms with Crippen molar-refractivity contribution >= 4 is 11.6 Å². The van der Waals surface area contributed by atoms with Crippen LogP contribution in [0.25, 0.3) is 0 Å². The zero-order valence-electron chi connectivity index (χ0n) is 13.2. The zero-order valence-corrected chi connectivity index (χ0v) is 13.2. The minimum absolute atomic E-state index is 0.0103. The highest BCUT2D eigenvalue weighted by Gasteiger charge is 2.29. The van der Waals surface area contributed by atoms with Crippen molar-refractivity contribution < 1.29 is 9.72 Å². The van der Waals surface area contributed by atoms with Crippen molar-refractivity contribution in [1.29, 1.82) is 0 Å². The number of aryl methyl sites for hydroxylation is 2. The number of likely N-dealkylation sites (N-methyl/N-ethyl adjacent to an activating group) is 1. The van der Waals surface area contributed by atoms with Crippen molar-refractivity contribution in [3.05, 3.63) is 21.5 Å². The molecule has 0 aliphatic carbocycles. The largest absolute Gasteiger partial charge is 0.347 e. The third kappa shape index (κ3) is 4.01. The van der Waals surface area contributed by atoms with Crippen LogP contribution < -0.4 is 5.32 Å². The number of nitrogens with one attached hydrogen (secondary N) is 1. The molecule has 0 radical (unpaired) electrons. The van der Waals surface area contributed by atoms with E-state index in [9.17, 15) is 14.9 Å². The van der Waals surface area contributed by atoms with E-state index in [0.717, 1.165) is 13.1 Å². The van der Waals surface area contributed by atoms with Gasteiger partial charge in [0.15, 0.2) is 0 Å². The fourth-order valence-corrected chi connectivity index (χ4v) is 2.33. The predicted molar refractivity (Wildman–Crippen MR) is 79.3 cm³/mol. The van der Waals surface area contributed by atoms with E-state index in [1.54, 1.807) is 0 Å². The first-order valence-corrected chi connectivity index (χ1v) is 7.02. The van der Waals surface area contributed by atoms with Crippen molar-refractivity contribution in [2.45, 2.75) is 33.7 Å². The fraction of sp³-hybridized carbons (Fsp3) is 0.692. The van der Waals surface area contributed by atoms with Gasteiger partial charge in [-0.2, -0.15) is 5.10 Å². The molecule has 8 heteroatoms. The van der Waals surface area contributed by atoms with Crippen molar-refractivity contribution in [1.82, 2.24) is 20.0 Å². The molecule has 0 bridgehead atoms. The predicted octanol–water partition coefficient (Wildman–Crippen LogP) is 1.10. The average molecular weight is 297 g/mol. The van der Waals surface area contributed by atoms with Gasteiger partial charge in [-0.1, -0.05) is 13.8 Å². The van der Waals surface area contributed by atoms with E-state index in [2.05, 4.69) is 15.3 Å². The highest BCUT2D eigenvalue weighted by atomic mass is 16.6. The first-order valence-electron chi connectivity index (χ1n) is 7.02. The molecule has 1 atom stereocenters. The number of amides is 1. The van der Waals surface area contributed by atoms with Gasteiger partial charge in [0, 0.05) is 19.6 Å². The third-order valence-corrected chi connectivity index (χ3v) is 3.39. The van der Waals surface area contributed by atoms with Crippen molar-refractivity contribution in [2.24, 2.45) is 7.05 Å². The lowest BCUT2D eigenvalue weighted by molar-refractivity contribution is -0.385. The van der Waals surface area contributed by atoms with E-state index in [0.29, 0.717) is 6.54 Å². The lowest BCUT2D eigenvalue weighted by Crippen LogP contribution is -2.42. The van der Waals surface area contributed by atoms with Crippen LogP contribution in [0.1, 0.15) is 37.0 Å². The number of nitrogens with zero attached hydrogens (tertiary/aromatic N) is 4. The molecular formula is C13H23N5O3. The molecule has 1 heterocycles. The maximum absolute atomic E-state index is 12.3. The summed E-state index contributed by atoms with van der Waals surface area (Å²) < 4.78 is 1.26. The summed E-state index contributed by atoms with van der Waals surface area (Å²) in [5.41, 5.74) is -0.00187. The maximum atomic E-state index is 12.3. The summed E-state index contributed by atoms with van der Waals surface area (Å²) in [7, 11) is 1.53. The average Bonchev–Trinajstić information content (AvgIpc) is 2.70. The Morgan fingerprint density at radius 1 is 1.48 bits per heavy atom. The van der Waals surface area contributed by atoms with Crippen LogP contribution in [0.15, 0.2) is 0 Å². The Hall–Kier alpha value is -1.96. The van der Waals surface area contributed by atoms with Crippen LogP contribution in [0.4, 0.5) is 5.69 Å². The van der Waals surface area contributed by atoms with Crippen LogP contribution >= 0.6 is 0 Å². The normalized spacial score (nSPS) is 12.5. The fourth-order valence-electron chi connectivity index (χ4n) is 2.33. The molecule has 21 heavy (non-hydrogen) atoms. The van der Waals surface area contributed by atoms with Gasteiger partial charge in [0.2, 0.25) is 5.69 Å². The second-order valence-corrected chi connectivity index (χ2v) is 5.02. The molecule has 0 saturated heterocycles. The Balaban J connectivity index is 2.88. The van der Waals surface area contributed by atoms with Gasteiger partial charge in [0.05, 0.1) is 4.92 Å². The summed E-state index contributed by atoms with van der Waals surface area (Å²) in [5, 5.41) is 17.8. The molecule has 1 N–H and O–H groups in total. The first-order chi connectivity index (χ1) is 9.81. The summed E-state index contributed by atoms with van der Waals surface area (Å²) in [4.78, 5) is 25.0. The molecule has 0 unspecified atom stereocenters. The van der Waals surface area contributed by atoms with Crippen LogP contribution in [-0.4, -0.2) is 51.2 Å². The molecule has 1 amide bonds. The minimum Gasteiger partial charge on any atom is -0.347 e. The van der Waals surface area contributed by atoms with Gasteiger partial charge in [0.25, 0.3) is 5.91 Å². The van der Waals surface area contributed by atoms with Gasteiger partial charge >= 0.3 is 5.69 Å². The summed E-state index contributed by atoms with van der Waals surface area (Å²) in [6, 6.07) is -0.104. The molecule has 0 saturated carbocycles. The Bertz CT molecular complexity index is 522. The number of aromatic nitrogens is 2. The molecular weight excluding hydrogens is 274 g/mol. The van der Waals surface area contributed by atoms with Gasteiger partial charge < -0.3 is 10.2 Å². The van der Waals surface area contributed by atoms with E-state index in [-0.39, 0.29) is 23.1 Å². The Morgan fingerprint density at radius 2 is 2.05 bits per heavy atom. The highest BCUT2D eigenvalue weighted by Crippen LogP contribution is 2.22. The number of hydrogen-bond acceptors (Lipinski definition) is 5. The Labute approximate surface area is 124 Å². The van der Waals surface area contributed by atoms with Gasteiger partial charge in [-0.25, -0.2) is 0 Å². The van der Waals surface area contributed by atoms with Crippen LogP contribution in [0, 0.1) is 17.0 Å². The molecule has 1 rings (SSSR count). The van der Waals surface area contributed by atoms with Gasteiger partial charge in [0.1, 0.15) is 5.69 Å². The Morgan fingerprint density at radius 3 is 2.52 bits per heavy atom. The van der Waals surface area contributed by atoms with Crippen LogP contribution in [0.2, 0.25) is 0 Å². The second kappa shape index (κ2) is 7.16. The van der Waals surface area contributed by atoms with Gasteiger partial charge in [-0.05, 0) is 26.9 Å². The molecule has 0 aliphatic rings. The molecule has 1 aromatic heterocycles. The van der Waals surface area contributed by atoms with Gasteiger partial charge in [-0.3, -0.25) is 19.6 Å². The number of carbonyl (C=O) groups is 1. The maximum Gasteiger partial charge on any atom is 0.322 e. The van der Waals surface area contributed by atoms with Crippen LogP contribution in [0.5, 0.6) is 0 Å². The summed E-state index contributed by atoms with van der Waals surface area (Å²) in [6.07, 6.45) is 0. The number of carbonyl (C=O) groups excluding carboxylic acids is 1. The van der Waals surface area contributed by atoms with E-state index >= 15 is 0 Å². The molecule has 1 aromatic rings. The van der Waals surface area contributed by atoms with Crippen LogP contribution in [-0.2, 0) is 7.05 Å². The quantitative estimate of drug-likeness (QED) is 0.601. The molecule has 0 spiro atoms. The third-order valence-electron chi connectivity index (χ3n) is 3.39. The van der Waals surface area contributed by atoms with E-state index < -0.39 is 10.8 Å². The van der Waals surface area contributed by atoms with Gasteiger partial charge in [-0.15, -0.1) is 0 Å². The smallest absolute Gasteiger partial charge is 0.322 e. The molecule has 0 aliphatic heterocycles. The number of nitro groups is 1. The molecule has 118 valence electrons. The standard InChI is InChI=1S/C13H23N5O3/c1-6-17(7-2)8-9(3)14-13(19)12-11(18(20)21)10(4)15-16(12)5/h9H,6-8H2,1-5H3,(H,14,19)/t9-/m1/s1. The van der Waals surface area contributed by atoms with Crippen molar-refractivity contribution in [2.75, 3.05) is 19.6 Å². The number of hydrogen-bond donors (Lipinski definition) is 1. The SMILES string of the molecule is CCN(CC)C[C@@H](C)NC(=O)c1c([N+](=O)[O-])c(C)nn1C.